The maximum absolute atomic E-state index is 11.5. The first-order valence-corrected chi connectivity index (χ1v) is 8.40. The van der Waals surface area contributed by atoms with E-state index in [1.807, 2.05) is 37.3 Å². The van der Waals surface area contributed by atoms with Crippen molar-refractivity contribution in [3.05, 3.63) is 80.4 Å². The Morgan fingerprint density at radius 3 is 2.67 bits per heavy atom. The number of hydrogen-bond acceptors (Lipinski definition) is 3. The fourth-order valence-corrected chi connectivity index (χ4v) is 4.12. The van der Waals surface area contributed by atoms with Crippen LogP contribution in [0.3, 0.4) is 0 Å². The minimum absolute atomic E-state index is 0.0715. The Bertz CT molecular complexity index is 845. The van der Waals surface area contributed by atoms with Crippen LogP contribution < -0.4 is 5.32 Å². The number of nitro groups is 1. The van der Waals surface area contributed by atoms with Crippen molar-refractivity contribution in [3.63, 3.8) is 0 Å². The first-order chi connectivity index (χ1) is 11.6. The molecule has 0 saturated heterocycles. The van der Waals surface area contributed by atoms with Crippen molar-refractivity contribution in [2.45, 2.75) is 25.3 Å². The number of aryl methyl sites for hydroxylation is 1. The van der Waals surface area contributed by atoms with E-state index in [9.17, 15) is 10.1 Å². The van der Waals surface area contributed by atoms with Crippen molar-refractivity contribution in [1.82, 2.24) is 0 Å². The average Bonchev–Trinajstić information content (AvgIpc) is 3.05. The third-order valence-corrected chi connectivity index (χ3v) is 5.38. The van der Waals surface area contributed by atoms with Gasteiger partial charge in [-0.25, -0.2) is 0 Å². The number of fused-ring (bicyclic) bond motifs is 3. The Morgan fingerprint density at radius 2 is 1.96 bits per heavy atom. The second-order valence-electron chi connectivity index (χ2n) is 6.47. The van der Waals surface area contributed by atoms with Crippen molar-refractivity contribution in [2.24, 2.45) is 5.92 Å². The van der Waals surface area contributed by atoms with E-state index < -0.39 is 0 Å². The largest absolute Gasteiger partial charge is 0.377 e. The first-order valence-electron chi connectivity index (χ1n) is 8.03. The van der Waals surface area contributed by atoms with E-state index in [4.69, 9.17) is 11.6 Å². The molecule has 4 rings (SSSR count). The van der Waals surface area contributed by atoms with Gasteiger partial charge in [0.2, 0.25) is 0 Å². The molecule has 5 heteroatoms. The molecule has 0 radical (unpaired) electrons. The molecule has 1 aliphatic carbocycles. The molecule has 0 saturated carbocycles. The second-order valence-corrected chi connectivity index (χ2v) is 6.91. The molecular weight excluding hydrogens is 324 g/mol. The van der Waals surface area contributed by atoms with E-state index in [0.717, 1.165) is 28.8 Å². The topological polar surface area (TPSA) is 55.2 Å². The van der Waals surface area contributed by atoms with Crippen molar-refractivity contribution < 1.29 is 4.92 Å². The van der Waals surface area contributed by atoms with Crippen LogP contribution in [0.4, 0.5) is 11.4 Å². The standard InChI is InChI=1S/C19H17ClN2O2/c1-11-5-10-16(22(23)24)17-14-3-2-4-15(14)19(21-18(11)17)12-6-8-13(20)9-7-12/h2-3,5-10,14-15,19,21H,4H2,1H3. The van der Waals surface area contributed by atoms with Crippen LogP contribution in [0.1, 0.15) is 35.1 Å². The smallest absolute Gasteiger partial charge is 0.275 e. The molecule has 0 amide bonds. The molecule has 2 aromatic carbocycles. The van der Waals surface area contributed by atoms with Gasteiger partial charge in [-0.2, -0.15) is 0 Å². The number of anilines is 1. The van der Waals surface area contributed by atoms with Crippen LogP contribution in [0.25, 0.3) is 0 Å². The Kier molecular flexibility index (Phi) is 3.57. The third kappa shape index (κ3) is 2.29. The summed E-state index contributed by atoms with van der Waals surface area (Å²) < 4.78 is 0. The Morgan fingerprint density at radius 1 is 1.21 bits per heavy atom. The summed E-state index contributed by atoms with van der Waals surface area (Å²) in [5.74, 6) is 0.349. The third-order valence-electron chi connectivity index (χ3n) is 5.13. The van der Waals surface area contributed by atoms with Gasteiger partial charge in [0.1, 0.15) is 0 Å². The first kappa shape index (κ1) is 15.2. The molecule has 0 aromatic heterocycles. The molecule has 1 heterocycles. The number of hydrogen-bond donors (Lipinski definition) is 1. The minimum Gasteiger partial charge on any atom is -0.377 e. The van der Waals surface area contributed by atoms with Gasteiger partial charge in [0.25, 0.3) is 5.69 Å². The fraction of sp³-hybridized carbons (Fsp3) is 0.263. The van der Waals surface area contributed by atoms with Crippen LogP contribution in [-0.2, 0) is 0 Å². The molecule has 4 nitrogen and oxygen atoms in total. The number of nitrogens with one attached hydrogen (secondary N) is 1. The van der Waals surface area contributed by atoms with Gasteiger partial charge in [-0.3, -0.25) is 10.1 Å². The van der Waals surface area contributed by atoms with Crippen LogP contribution in [0.15, 0.2) is 48.6 Å². The van der Waals surface area contributed by atoms with Gasteiger partial charge in [-0.05, 0) is 42.5 Å². The van der Waals surface area contributed by atoms with Gasteiger partial charge >= 0.3 is 0 Å². The van der Waals surface area contributed by atoms with E-state index in [1.54, 1.807) is 6.07 Å². The summed E-state index contributed by atoms with van der Waals surface area (Å²) in [6.07, 6.45) is 5.18. The molecule has 24 heavy (non-hydrogen) atoms. The van der Waals surface area contributed by atoms with Gasteiger partial charge < -0.3 is 5.32 Å². The van der Waals surface area contributed by atoms with Gasteiger partial charge in [-0.1, -0.05) is 42.0 Å². The van der Waals surface area contributed by atoms with Crippen molar-refractivity contribution in [3.8, 4) is 0 Å². The Balaban J connectivity index is 1.86. The Hall–Kier alpha value is -2.33. The molecule has 3 unspecified atom stereocenters. The summed E-state index contributed by atoms with van der Waals surface area (Å²) >= 11 is 6.02. The van der Waals surface area contributed by atoms with Crippen LogP contribution in [0.5, 0.6) is 0 Å². The zero-order valence-electron chi connectivity index (χ0n) is 13.2. The summed E-state index contributed by atoms with van der Waals surface area (Å²) in [6, 6.07) is 11.4. The van der Waals surface area contributed by atoms with Crippen LogP contribution in [0, 0.1) is 23.0 Å². The Labute approximate surface area is 145 Å². The predicted molar refractivity (Wildman–Crippen MR) is 95.6 cm³/mol. The summed E-state index contributed by atoms with van der Waals surface area (Å²) in [7, 11) is 0. The number of benzene rings is 2. The van der Waals surface area contributed by atoms with Gasteiger partial charge in [0.05, 0.1) is 16.5 Å². The van der Waals surface area contributed by atoms with E-state index in [1.165, 1.54) is 0 Å². The van der Waals surface area contributed by atoms with E-state index >= 15 is 0 Å². The fourth-order valence-electron chi connectivity index (χ4n) is 3.99. The molecule has 0 fully saturated rings. The van der Waals surface area contributed by atoms with Gasteiger partial charge in [0.15, 0.2) is 0 Å². The van der Waals surface area contributed by atoms with Crippen LogP contribution in [-0.4, -0.2) is 4.92 Å². The minimum atomic E-state index is -0.272. The highest BCUT2D eigenvalue weighted by molar-refractivity contribution is 6.30. The second kappa shape index (κ2) is 5.64. The van der Waals surface area contributed by atoms with Crippen LogP contribution >= 0.6 is 11.6 Å². The van der Waals surface area contributed by atoms with Crippen molar-refractivity contribution >= 4 is 23.0 Å². The number of allylic oxidation sites excluding steroid dienone is 2. The lowest BCUT2D eigenvalue weighted by molar-refractivity contribution is -0.385. The van der Waals surface area contributed by atoms with Crippen molar-refractivity contribution in [1.29, 1.82) is 0 Å². The summed E-state index contributed by atoms with van der Waals surface area (Å²) in [5, 5.41) is 15.8. The molecule has 122 valence electrons. The highest BCUT2D eigenvalue weighted by Gasteiger charge is 2.42. The van der Waals surface area contributed by atoms with Gasteiger partial charge in [0, 0.05) is 22.7 Å². The average molecular weight is 341 g/mol. The summed E-state index contributed by atoms with van der Waals surface area (Å²) in [6.45, 7) is 1.99. The zero-order chi connectivity index (χ0) is 16.8. The summed E-state index contributed by atoms with van der Waals surface area (Å²) in [4.78, 5) is 11.2. The van der Waals surface area contributed by atoms with Crippen LogP contribution in [0.2, 0.25) is 5.02 Å². The predicted octanol–water partition coefficient (Wildman–Crippen LogP) is 5.38. The molecule has 0 spiro atoms. The normalized spacial score (nSPS) is 24.2. The highest BCUT2D eigenvalue weighted by Crippen LogP contribution is 2.53. The van der Waals surface area contributed by atoms with E-state index in [0.29, 0.717) is 5.02 Å². The zero-order valence-corrected chi connectivity index (χ0v) is 14.0. The maximum atomic E-state index is 11.5. The summed E-state index contributed by atoms with van der Waals surface area (Å²) in [5.41, 5.74) is 4.13. The number of nitro benzene ring substituents is 1. The van der Waals surface area contributed by atoms with Crippen molar-refractivity contribution in [2.75, 3.05) is 5.32 Å². The molecule has 3 atom stereocenters. The lowest BCUT2D eigenvalue weighted by atomic mass is 9.76. The molecule has 1 N–H and O–H groups in total. The van der Waals surface area contributed by atoms with E-state index in [-0.39, 0.29) is 28.5 Å². The molecular formula is C19H17ClN2O2. The number of halogens is 1. The number of rotatable bonds is 2. The molecule has 2 aromatic rings. The lowest BCUT2D eigenvalue weighted by Gasteiger charge is -2.38. The molecule has 1 aliphatic heterocycles. The SMILES string of the molecule is Cc1ccc([N+](=O)[O-])c2c1NC(c1ccc(Cl)cc1)C1CC=CC21. The van der Waals surface area contributed by atoms with Gasteiger partial charge in [-0.15, -0.1) is 0 Å². The maximum Gasteiger partial charge on any atom is 0.275 e. The lowest BCUT2D eigenvalue weighted by Crippen LogP contribution is -2.30. The highest BCUT2D eigenvalue weighted by atomic mass is 35.5. The van der Waals surface area contributed by atoms with E-state index in [2.05, 4.69) is 17.5 Å². The molecule has 2 aliphatic rings. The molecule has 0 bridgehead atoms. The monoisotopic (exact) mass is 340 g/mol. The quantitative estimate of drug-likeness (QED) is 0.453. The number of nitrogens with zero attached hydrogens (tertiary/aromatic N) is 1.